The second-order valence-electron chi connectivity index (χ2n) is 5.67. The van der Waals surface area contributed by atoms with Crippen LogP contribution in [0.3, 0.4) is 0 Å². The molecule has 1 atom stereocenters. The van der Waals surface area contributed by atoms with Gasteiger partial charge in [0, 0.05) is 0 Å². The van der Waals surface area contributed by atoms with E-state index in [0.29, 0.717) is 5.92 Å². The molecule has 1 saturated carbocycles. The Balaban J connectivity index is 2.29. The zero-order valence-corrected chi connectivity index (χ0v) is 11.4. The monoisotopic (exact) mass is 226 g/mol. The minimum Gasteiger partial charge on any atom is -0.393 e. The van der Waals surface area contributed by atoms with E-state index >= 15 is 0 Å². The molecule has 1 fully saturated rings. The summed E-state index contributed by atoms with van der Waals surface area (Å²) in [6, 6.07) is 0. The van der Waals surface area contributed by atoms with Gasteiger partial charge < -0.3 is 5.11 Å². The van der Waals surface area contributed by atoms with Crippen molar-refractivity contribution in [3.8, 4) is 0 Å². The minimum absolute atomic E-state index is 0.0253. The van der Waals surface area contributed by atoms with Crippen molar-refractivity contribution < 1.29 is 5.11 Å². The molecular weight excluding hydrogens is 196 g/mol. The summed E-state index contributed by atoms with van der Waals surface area (Å²) in [5, 5.41) is 10.3. The molecular formula is C15H30O. The Hall–Kier alpha value is -0.0400. The average Bonchev–Trinajstić information content (AvgIpc) is 2.35. The van der Waals surface area contributed by atoms with Crippen molar-refractivity contribution in [3.63, 3.8) is 0 Å². The van der Waals surface area contributed by atoms with E-state index in [1.165, 1.54) is 44.9 Å². The van der Waals surface area contributed by atoms with E-state index < -0.39 is 0 Å². The Morgan fingerprint density at radius 2 is 1.56 bits per heavy atom. The summed E-state index contributed by atoms with van der Waals surface area (Å²) >= 11 is 0. The Bertz CT molecular complexity index is 166. The molecule has 16 heavy (non-hydrogen) atoms. The zero-order chi connectivity index (χ0) is 12.0. The van der Waals surface area contributed by atoms with E-state index in [1.807, 2.05) is 0 Å². The number of aliphatic hydroxyl groups is 1. The third-order valence-corrected chi connectivity index (χ3v) is 4.74. The lowest BCUT2D eigenvalue weighted by Crippen LogP contribution is -2.27. The van der Waals surface area contributed by atoms with Gasteiger partial charge in [0.15, 0.2) is 0 Å². The molecule has 1 rings (SSSR count). The summed E-state index contributed by atoms with van der Waals surface area (Å²) in [6.07, 6.45) is 10.0. The van der Waals surface area contributed by atoms with Crippen LogP contribution < -0.4 is 0 Å². The van der Waals surface area contributed by atoms with Crippen LogP contribution in [-0.4, -0.2) is 11.2 Å². The summed E-state index contributed by atoms with van der Waals surface area (Å²) in [4.78, 5) is 0. The van der Waals surface area contributed by atoms with Crippen LogP contribution in [0.25, 0.3) is 0 Å². The third kappa shape index (κ3) is 4.08. The molecule has 0 aromatic rings. The zero-order valence-electron chi connectivity index (χ0n) is 11.4. The van der Waals surface area contributed by atoms with Crippen molar-refractivity contribution in [2.24, 2.45) is 17.8 Å². The molecule has 0 bridgehead atoms. The number of hydrogen-bond acceptors (Lipinski definition) is 1. The van der Waals surface area contributed by atoms with E-state index in [-0.39, 0.29) is 6.10 Å². The standard InChI is InChI=1S/C15H30O/c1-4-12(5-2)11-15(16)14-9-7-13(6-3)8-10-14/h12-16H,4-11H2,1-3H3. The van der Waals surface area contributed by atoms with Gasteiger partial charge in [-0.2, -0.15) is 0 Å². The maximum absolute atomic E-state index is 10.3. The molecule has 1 aliphatic carbocycles. The van der Waals surface area contributed by atoms with Crippen molar-refractivity contribution in [1.29, 1.82) is 0 Å². The largest absolute Gasteiger partial charge is 0.393 e. The molecule has 0 aromatic carbocycles. The van der Waals surface area contributed by atoms with Crippen molar-refractivity contribution in [2.75, 3.05) is 0 Å². The molecule has 0 spiro atoms. The fourth-order valence-electron chi connectivity index (χ4n) is 3.14. The quantitative estimate of drug-likeness (QED) is 0.712. The number of rotatable bonds is 6. The van der Waals surface area contributed by atoms with E-state index in [4.69, 9.17) is 0 Å². The first-order valence-electron chi connectivity index (χ1n) is 7.39. The number of aliphatic hydroxyl groups excluding tert-OH is 1. The van der Waals surface area contributed by atoms with Gasteiger partial charge >= 0.3 is 0 Å². The van der Waals surface area contributed by atoms with Gasteiger partial charge in [0.05, 0.1) is 6.10 Å². The van der Waals surface area contributed by atoms with Crippen LogP contribution in [0, 0.1) is 17.8 Å². The maximum atomic E-state index is 10.3. The molecule has 0 aromatic heterocycles. The van der Waals surface area contributed by atoms with Gasteiger partial charge in [-0.05, 0) is 37.0 Å². The Labute approximate surface area is 102 Å². The van der Waals surface area contributed by atoms with Gasteiger partial charge in [0.2, 0.25) is 0 Å². The maximum Gasteiger partial charge on any atom is 0.0571 e. The second-order valence-corrected chi connectivity index (χ2v) is 5.67. The summed E-state index contributed by atoms with van der Waals surface area (Å²) in [6.45, 7) is 6.79. The van der Waals surface area contributed by atoms with Crippen LogP contribution >= 0.6 is 0 Å². The Morgan fingerprint density at radius 1 is 1.00 bits per heavy atom. The van der Waals surface area contributed by atoms with Crippen LogP contribution in [0.5, 0.6) is 0 Å². The first-order chi connectivity index (χ1) is 7.71. The molecule has 1 nitrogen and oxygen atoms in total. The van der Waals surface area contributed by atoms with Crippen molar-refractivity contribution in [1.82, 2.24) is 0 Å². The predicted octanol–water partition coefficient (Wildman–Crippen LogP) is 4.39. The molecule has 96 valence electrons. The summed E-state index contributed by atoms with van der Waals surface area (Å²) in [5.41, 5.74) is 0. The Morgan fingerprint density at radius 3 is 2.00 bits per heavy atom. The second kappa shape index (κ2) is 7.32. The molecule has 0 amide bonds. The fraction of sp³-hybridized carbons (Fsp3) is 1.00. The van der Waals surface area contributed by atoms with Gasteiger partial charge in [-0.3, -0.25) is 0 Å². The highest BCUT2D eigenvalue weighted by Gasteiger charge is 2.26. The summed E-state index contributed by atoms with van der Waals surface area (Å²) < 4.78 is 0. The smallest absolute Gasteiger partial charge is 0.0571 e. The molecule has 0 heterocycles. The summed E-state index contributed by atoms with van der Waals surface area (Å²) in [7, 11) is 0. The topological polar surface area (TPSA) is 20.2 Å². The van der Waals surface area contributed by atoms with Gasteiger partial charge in [0.25, 0.3) is 0 Å². The fourth-order valence-corrected chi connectivity index (χ4v) is 3.14. The van der Waals surface area contributed by atoms with Crippen LogP contribution in [0.1, 0.15) is 72.1 Å². The van der Waals surface area contributed by atoms with Gasteiger partial charge in [0.1, 0.15) is 0 Å². The van der Waals surface area contributed by atoms with Gasteiger partial charge in [-0.1, -0.05) is 52.9 Å². The first kappa shape index (κ1) is 14.0. The van der Waals surface area contributed by atoms with E-state index in [2.05, 4.69) is 20.8 Å². The lowest BCUT2D eigenvalue weighted by molar-refractivity contribution is 0.0516. The van der Waals surface area contributed by atoms with E-state index in [1.54, 1.807) is 0 Å². The highest BCUT2D eigenvalue weighted by atomic mass is 16.3. The molecule has 1 heteroatoms. The molecule has 1 unspecified atom stereocenters. The minimum atomic E-state index is -0.0253. The molecule has 0 saturated heterocycles. The van der Waals surface area contributed by atoms with Crippen LogP contribution in [0.2, 0.25) is 0 Å². The molecule has 1 N–H and O–H groups in total. The van der Waals surface area contributed by atoms with Gasteiger partial charge in [-0.25, -0.2) is 0 Å². The first-order valence-corrected chi connectivity index (χ1v) is 7.39. The molecule has 0 aliphatic heterocycles. The lowest BCUT2D eigenvalue weighted by atomic mass is 9.76. The normalized spacial score (nSPS) is 28.3. The summed E-state index contributed by atoms with van der Waals surface area (Å²) in [5.74, 6) is 2.28. The van der Waals surface area contributed by atoms with Crippen LogP contribution in [0.4, 0.5) is 0 Å². The van der Waals surface area contributed by atoms with E-state index in [0.717, 1.165) is 18.3 Å². The molecule has 1 aliphatic rings. The van der Waals surface area contributed by atoms with E-state index in [9.17, 15) is 5.11 Å². The highest BCUT2D eigenvalue weighted by molar-refractivity contribution is 4.78. The van der Waals surface area contributed by atoms with Gasteiger partial charge in [-0.15, -0.1) is 0 Å². The van der Waals surface area contributed by atoms with Crippen LogP contribution in [0.15, 0.2) is 0 Å². The van der Waals surface area contributed by atoms with Crippen molar-refractivity contribution >= 4 is 0 Å². The molecule has 0 radical (unpaired) electrons. The van der Waals surface area contributed by atoms with Crippen LogP contribution in [-0.2, 0) is 0 Å². The average molecular weight is 226 g/mol. The number of hydrogen-bond donors (Lipinski definition) is 1. The Kier molecular flexibility index (Phi) is 6.41. The van der Waals surface area contributed by atoms with Crippen molar-refractivity contribution in [2.45, 2.75) is 78.2 Å². The third-order valence-electron chi connectivity index (χ3n) is 4.74. The lowest BCUT2D eigenvalue weighted by Gasteiger charge is -2.32. The SMILES string of the molecule is CCC1CCC(C(O)CC(CC)CC)CC1. The highest BCUT2D eigenvalue weighted by Crippen LogP contribution is 2.34. The van der Waals surface area contributed by atoms with Crippen molar-refractivity contribution in [3.05, 3.63) is 0 Å². The predicted molar refractivity (Wildman–Crippen MR) is 70.4 cm³/mol.